The van der Waals surface area contributed by atoms with E-state index in [0.29, 0.717) is 0 Å². The number of hydrogen-bond donors (Lipinski definition) is 1. The molecule has 0 atom stereocenters. The van der Waals surface area contributed by atoms with Gasteiger partial charge in [-0.15, -0.1) is 34.0 Å². The topological polar surface area (TPSA) is 60.2 Å². The third kappa shape index (κ3) is 3.29. The van der Waals surface area contributed by atoms with Crippen LogP contribution in [0.5, 0.6) is 0 Å². The maximum atomic E-state index is 11.7. The van der Waals surface area contributed by atoms with E-state index in [1.807, 2.05) is 13.0 Å². The Bertz CT molecular complexity index is 918. The fraction of sp³-hybridized carbons (Fsp3) is 0.250. The first-order chi connectivity index (χ1) is 10.9. The highest BCUT2D eigenvalue weighted by atomic mass is 32.2. The number of hydrogen-bond acceptors (Lipinski definition) is 5. The molecule has 0 unspecified atom stereocenters. The van der Waals surface area contributed by atoms with Crippen molar-refractivity contribution in [3.63, 3.8) is 0 Å². The van der Waals surface area contributed by atoms with E-state index in [0.717, 1.165) is 23.3 Å². The van der Waals surface area contributed by atoms with Crippen molar-refractivity contribution in [2.24, 2.45) is 5.14 Å². The smallest absolute Gasteiger partial charge is 0.224 e. The number of nitrogens with two attached hydrogens (primary N) is 1. The fourth-order valence-electron chi connectivity index (χ4n) is 2.42. The Balaban J connectivity index is 2.17. The number of thiophene rings is 3. The predicted octanol–water partition coefficient (Wildman–Crippen LogP) is 4.98. The Labute approximate surface area is 148 Å². The molecule has 2 N–H and O–H groups in total. The zero-order valence-electron chi connectivity index (χ0n) is 12.8. The molecule has 0 bridgehead atoms. The second-order valence-corrected chi connectivity index (χ2v) is 9.95. The van der Waals surface area contributed by atoms with E-state index in [2.05, 4.69) is 24.4 Å². The zero-order valence-corrected chi connectivity index (χ0v) is 16.1. The molecule has 0 fully saturated rings. The Kier molecular flexibility index (Phi) is 4.75. The van der Waals surface area contributed by atoms with Gasteiger partial charge in [0.05, 0.1) is 0 Å². The minimum Gasteiger partial charge on any atom is -0.224 e. The lowest BCUT2D eigenvalue weighted by atomic mass is 10.1. The van der Waals surface area contributed by atoms with Crippen LogP contribution in [-0.4, -0.2) is 8.42 Å². The monoisotopic (exact) mass is 383 g/mol. The van der Waals surface area contributed by atoms with Crippen molar-refractivity contribution in [2.75, 3.05) is 0 Å². The van der Waals surface area contributed by atoms with Gasteiger partial charge in [0.2, 0.25) is 10.0 Å². The Hall–Kier alpha value is -0.990. The van der Waals surface area contributed by atoms with Crippen LogP contribution in [0.1, 0.15) is 25.0 Å². The van der Waals surface area contributed by atoms with Gasteiger partial charge in [0.25, 0.3) is 0 Å². The van der Waals surface area contributed by atoms with Gasteiger partial charge < -0.3 is 0 Å². The number of rotatable bonds is 5. The van der Waals surface area contributed by atoms with Crippen LogP contribution >= 0.6 is 34.0 Å². The normalized spacial score (nSPS) is 12.0. The molecule has 7 heteroatoms. The van der Waals surface area contributed by atoms with E-state index in [-0.39, 0.29) is 4.21 Å². The minimum absolute atomic E-state index is 0.248. The summed E-state index contributed by atoms with van der Waals surface area (Å²) >= 11 is 4.74. The molecule has 0 aliphatic rings. The number of primary sulfonamides is 1. The van der Waals surface area contributed by atoms with Gasteiger partial charge in [-0.3, -0.25) is 0 Å². The minimum atomic E-state index is -3.65. The van der Waals surface area contributed by atoms with Crippen molar-refractivity contribution in [3.8, 4) is 19.5 Å². The Morgan fingerprint density at radius 3 is 2.22 bits per heavy atom. The van der Waals surface area contributed by atoms with Crippen LogP contribution in [0.2, 0.25) is 0 Å². The molecule has 23 heavy (non-hydrogen) atoms. The van der Waals surface area contributed by atoms with E-state index in [4.69, 9.17) is 5.14 Å². The largest absolute Gasteiger partial charge is 0.247 e. The maximum absolute atomic E-state index is 11.7. The molecule has 0 saturated heterocycles. The summed E-state index contributed by atoms with van der Waals surface area (Å²) in [6.07, 6.45) is 1.71. The van der Waals surface area contributed by atoms with Crippen molar-refractivity contribution in [1.82, 2.24) is 0 Å². The van der Waals surface area contributed by atoms with E-state index in [1.54, 1.807) is 28.7 Å². The van der Waals surface area contributed by atoms with E-state index in [9.17, 15) is 8.42 Å². The molecule has 0 saturated carbocycles. The Morgan fingerprint density at radius 1 is 1.00 bits per heavy atom. The molecule has 0 spiro atoms. The van der Waals surface area contributed by atoms with E-state index in [1.165, 1.54) is 31.5 Å². The van der Waals surface area contributed by atoms with Crippen LogP contribution in [0.15, 0.2) is 33.9 Å². The summed E-state index contributed by atoms with van der Waals surface area (Å²) in [6, 6.07) is 8.11. The second kappa shape index (κ2) is 6.49. The van der Waals surface area contributed by atoms with Crippen LogP contribution in [0.4, 0.5) is 0 Å². The molecule has 3 rings (SSSR count). The number of aryl methyl sites for hydroxylation is 2. The first-order valence-electron chi connectivity index (χ1n) is 7.26. The highest BCUT2D eigenvalue weighted by molar-refractivity contribution is 7.91. The van der Waals surface area contributed by atoms with Gasteiger partial charge in [0.15, 0.2) is 0 Å². The molecule has 0 aliphatic carbocycles. The predicted molar refractivity (Wildman–Crippen MR) is 101 cm³/mol. The van der Waals surface area contributed by atoms with Crippen molar-refractivity contribution >= 4 is 44.0 Å². The summed E-state index contributed by atoms with van der Waals surface area (Å²) < 4.78 is 23.6. The molecule has 3 aromatic heterocycles. The summed E-state index contributed by atoms with van der Waals surface area (Å²) in [7, 11) is -3.65. The summed E-state index contributed by atoms with van der Waals surface area (Å²) in [5.74, 6) is 0. The van der Waals surface area contributed by atoms with E-state index >= 15 is 0 Å². The highest BCUT2D eigenvalue weighted by Crippen LogP contribution is 2.44. The standard InChI is InChI=1S/C16H17NO2S4/c1-3-10-8-13(12-6-5-7-20-12)21-15(10)16-11(4-2)9-14(22-16)23(17,18)19/h5-9H,3-4H2,1-2H3,(H2,17,18,19). The zero-order chi connectivity index (χ0) is 16.6. The number of sulfonamides is 1. The summed E-state index contributed by atoms with van der Waals surface area (Å²) in [5, 5.41) is 7.38. The lowest BCUT2D eigenvalue weighted by Crippen LogP contribution is -2.09. The first kappa shape index (κ1) is 16.9. The van der Waals surface area contributed by atoms with Gasteiger partial charge in [-0.05, 0) is 47.5 Å². The van der Waals surface area contributed by atoms with Crippen molar-refractivity contribution in [3.05, 3.63) is 40.8 Å². The highest BCUT2D eigenvalue weighted by Gasteiger charge is 2.20. The first-order valence-corrected chi connectivity index (χ1v) is 11.3. The van der Waals surface area contributed by atoms with Crippen LogP contribution < -0.4 is 5.14 Å². The van der Waals surface area contributed by atoms with Crippen LogP contribution in [-0.2, 0) is 22.9 Å². The molecule has 0 amide bonds. The van der Waals surface area contributed by atoms with Gasteiger partial charge >= 0.3 is 0 Å². The lowest BCUT2D eigenvalue weighted by molar-refractivity contribution is 0.599. The van der Waals surface area contributed by atoms with Crippen molar-refractivity contribution in [2.45, 2.75) is 30.9 Å². The van der Waals surface area contributed by atoms with Gasteiger partial charge in [0.1, 0.15) is 4.21 Å². The molecular weight excluding hydrogens is 366 g/mol. The lowest BCUT2D eigenvalue weighted by Gasteiger charge is -2.01. The molecule has 3 nitrogen and oxygen atoms in total. The average Bonchev–Trinajstić information content (AvgIpc) is 3.23. The molecular formula is C16H17NO2S4. The molecule has 3 heterocycles. The summed E-state index contributed by atoms with van der Waals surface area (Å²) in [5.41, 5.74) is 2.31. The summed E-state index contributed by atoms with van der Waals surface area (Å²) in [4.78, 5) is 4.70. The summed E-state index contributed by atoms with van der Waals surface area (Å²) in [6.45, 7) is 4.17. The quantitative estimate of drug-likeness (QED) is 0.675. The van der Waals surface area contributed by atoms with Gasteiger partial charge in [-0.1, -0.05) is 19.9 Å². The maximum Gasteiger partial charge on any atom is 0.247 e. The van der Waals surface area contributed by atoms with Gasteiger partial charge in [0, 0.05) is 19.5 Å². The molecule has 0 radical (unpaired) electrons. The SMILES string of the molecule is CCc1cc(-c2cccs2)sc1-c1sc(S(N)(=O)=O)cc1CC. The molecule has 3 aromatic rings. The van der Waals surface area contributed by atoms with Crippen molar-refractivity contribution in [1.29, 1.82) is 0 Å². The molecule has 122 valence electrons. The van der Waals surface area contributed by atoms with Crippen LogP contribution in [0.25, 0.3) is 19.5 Å². The fourth-order valence-corrected chi connectivity index (χ4v) is 6.71. The van der Waals surface area contributed by atoms with Crippen LogP contribution in [0, 0.1) is 0 Å². The molecule has 0 aliphatic heterocycles. The van der Waals surface area contributed by atoms with Crippen LogP contribution in [0.3, 0.4) is 0 Å². The van der Waals surface area contributed by atoms with E-state index < -0.39 is 10.0 Å². The van der Waals surface area contributed by atoms with Gasteiger partial charge in [-0.25, -0.2) is 13.6 Å². The third-order valence-electron chi connectivity index (χ3n) is 3.61. The van der Waals surface area contributed by atoms with Gasteiger partial charge in [-0.2, -0.15) is 0 Å². The van der Waals surface area contributed by atoms with Crippen molar-refractivity contribution < 1.29 is 8.42 Å². The Morgan fingerprint density at radius 2 is 1.65 bits per heavy atom. The molecule has 0 aromatic carbocycles. The second-order valence-electron chi connectivity index (χ2n) is 5.11. The third-order valence-corrected chi connectivity index (χ3v) is 8.61. The average molecular weight is 384 g/mol.